The molecule has 106 valence electrons. The predicted molar refractivity (Wildman–Crippen MR) is 86.1 cm³/mol. The molecular formula is C14H12N4OS2. The number of nitrogens with zero attached hydrogens (tertiary/aromatic N) is 3. The smallest absolute Gasteiger partial charge is 0.232 e. The van der Waals surface area contributed by atoms with Gasteiger partial charge in [-0.1, -0.05) is 23.5 Å². The molecule has 3 heterocycles. The summed E-state index contributed by atoms with van der Waals surface area (Å²) in [6.45, 7) is 1.44. The van der Waals surface area contributed by atoms with Crippen LogP contribution >= 0.6 is 22.7 Å². The molecule has 0 saturated carbocycles. The molecule has 0 bridgehead atoms. The molecule has 2 aromatic heterocycles. The minimum atomic E-state index is 0.0147. The Kier molecular flexibility index (Phi) is 3.08. The normalized spacial score (nSPS) is 15.1. The topological polar surface area (TPSA) is 58.1 Å². The minimum Gasteiger partial charge on any atom is -0.346 e. The first kappa shape index (κ1) is 12.7. The average molecular weight is 316 g/mol. The van der Waals surface area contributed by atoms with Crippen LogP contribution in [0.25, 0.3) is 10.2 Å². The molecule has 21 heavy (non-hydrogen) atoms. The van der Waals surface area contributed by atoms with Crippen LogP contribution in [-0.4, -0.2) is 29.0 Å². The Bertz CT molecular complexity index is 744. The highest BCUT2D eigenvalue weighted by atomic mass is 32.1. The lowest BCUT2D eigenvalue weighted by Crippen LogP contribution is -2.52. The second-order valence-corrected chi connectivity index (χ2v) is 6.80. The van der Waals surface area contributed by atoms with Crippen molar-refractivity contribution in [2.75, 3.05) is 23.3 Å². The van der Waals surface area contributed by atoms with Crippen molar-refractivity contribution in [3.8, 4) is 0 Å². The van der Waals surface area contributed by atoms with E-state index in [1.165, 1.54) is 16.0 Å². The Morgan fingerprint density at radius 2 is 2.19 bits per heavy atom. The van der Waals surface area contributed by atoms with E-state index < -0.39 is 0 Å². The van der Waals surface area contributed by atoms with Gasteiger partial charge in [0.05, 0.1) is 16.1 Å². The molecule has 1 aliphatic heterocycles. The molecule has 0 spiro atoms. The van der Waals surface area contributed by atoms with Crippen molar-refractivity contribution in [1.82, 2.24) is 9.97 Å². The highest BCUT2D eigenvalue weighted by Gasteiger charge is 2.34. The van der Waals surface area contributed by atoms with Crippen molar-refractivity contribution in [2.24, 2.45) is 5.92 Å². The van der Waals surface area contributed by atoms with Gasteiger partial charge in [-0.25, -0.2) is 9.97 Å². The molecule has 0 aliphatic carbocycles. The predicted octanol–water partition coefficient (Wildman–Crippen LogP) is 2.83. The molecule has 1 N–H and O–H groups in total. The van der Waals surface area contributed by atoms with Crippen LogP contribution in [0, 0.1) is 5.92 Å². The number of anilines is 2. The molecule has 0 radical (unpaired) electrons. The molecule has 1 amide bonds. The van der Waals surface area contributed by atoms with Gasteiger partial charge in [0.2, 0.25) is 5.91 Å². The zero-order valence-corrected chi connectivity index (χ0v) is 12.7. The highest BCUT2D eigenvalue weighted by Crippen LogP contribution is 2.33. The Morgan fingerprint density at radius 3 is 2.95 bits per heavy atom. The summed E-state index contributed by atoms with van der Waals surface area (Å²) in [6.07, 6.45) is 1.69. The van der Waals surface area contributed by atoms with Crippen molar-refractivity contribution in [3.63, 3.8) is 0 Å². The Hall–Kier alpha value is -1.99. The van der Waals surface area contributed by atoms with Crippen LogP contribution in [0.15, 0.2) is 35.8 Å². The second-order valence-electron chi connectivity index (χ2n) is 4.89. The van der Waals surface area contributed by atoms with Crippen LogP contribution in [-0.2, 0) is 4.79 Å². The van der Waals surface area contributed by atoms with E-state index in [2.05, 4.69) is 26.3 Å². The summed E-state index contributed by atoms with van der Waals surface area (Å²) in [7, 11) is 0. The number of aromatic nitrogens is 2. The zero-order chi connectivity index (χ0) is 14.2. The van der Waals surface area contributed by atoms with E-state index in [1.54, 1.807) is 17.5 Å². The van der Waals surface area contributed by atoms with Gasteiger partial charge in [-0.3, -0.25) is 4.79 Å². The van der Waals surface area contributed by atoms with Crippen molar-refractivity contribution in [2.45, 2.75) is 0 Å². The van der Waals surface area contributed by atoms with E-state index in [1.807, 2.05) is 23.6 Å². The molecule has 1 aromatic carbocycles. The van der Waals surface area contributed by atoms with Gasteiger partial charge in [0.15, 0.2) is 10.3 Å². The van der Waals surface area contributed by atoms with Gasteiger partial charge in [-0.2, -0.15) is 0 Å². The number of carbonyl (C=O) groups is 1. The lowest BCUT2D eigenvalue weighted by Gasteiger charge is -2.37. The van der Waals surface area contributed by atoms with Gasteiger partial charge in [0.1, 0.15) is 0 Å². The maximum atomic E-state index is 12.1. The second kappa shape index (κ2) is 5.09. The number of fused-ring (bicyclic) bond motifs is 1. The third-order valence-corrected chi connectivity index (χ3v) is 5.25. The van der Waals surface area contributed by atoms with Crippen molar-refractivity contribution < 1.29 is 4.79 Å². The molecule has 7 heteroatoms. The summed E-state index contributed by atoms with van der Waals surface area (Å²) in [4.78, 5) is 22.9. The summed E-state index contributed by atoms with van der Waals surface area (Å²) in [6, 6.07) is 8.10. The van der Waals surface area contributed by atoms with Crippen molar-refractivity contribution in [1.29, 1.82) is 0 Å². The number of amides is 1. The molecule has 0 unspecified atom stereocenters. The Labute approximate surface area is 129 Å². The average Bonchev–Trinajstić information content (AvgIpc) is 3.05. The lowest BCUT2D eigenvalue weighted by molar-refractivity contribution is -0.120. The number of hydrogen-bond acceptors (Lipinski definition) is 6. The summed E-state index contributed by atoms with van der Waals surface area (Å²) in [5.41, 5.74) is 1.02. The van der Waals surface area contributed by atoms with E-state index in [0.29, 0.717) is 5.13 Å². The standard InChI is InChI=1S/C14H12N4OS2/c19-12(17-13-15-5-6-20-13)9-7-18(8-9)14-16-10-3-1-2-4-11(10)21-14/h1-6,9H,7-8H2,(H,15,17,19). The first-order chi connectivity index (χ1) is 10.3. The van der Waals surface area contributed by atoms with E-state index >= 15 is 0 Å². The maximum Gasteiger partial charge on any atom is 0.232 e. The minimum absolute atomic E-state index is 0.0147. The van der Waals surface area contributed by atoms with Gasteiger partial charge in [-0.05, 0) is 12.1 Å². The van der Waals surface area contributed by atoms with Crippen LogP contribution in [0.5, 0.6) is 0 Å². The fourth-order valence-electron chi connectivity index (χ4n) is 2.29. The Morgan fingerprint density at radius 1 is 1.33 bits per heavy atom. The number of nitrogens with one attached hydrogen (secondary N) is 1. The fraction of sp³-hybridized carbons (Fsp3) is 0.214. The molecule has 4 rings (SSSR count). The lowest BCUT2D eigenvalue weighted by atomic mass is 10.0. The molecule has 5 nitrogen and oxygen atoms in total. The maximum absolute atomic E-state index is 12.1. The number of hydrogen-bond donors (Lipinski definition) is 1. The van der Waals surface area contributed by atoms with E-state index in [4.69, 9.17) is 0 Å². The van der Waals surface area contributed by atoms with Crippen LogP contribution in [0.2, 0.25) is 0 Å². The van der Waals surface area contributed by atoms with Crippen molar-refractivity contribution in [3.05, 3.63) is 35.8 Å². The number of carbonyl (C=O) groups excluding carboxylic acids is 1. The van der Waals surface area contributed by atoms with Crippen LogP contribution in [0.1, 0.15) is 0 Å². The third kappa shape index (κ3) is 2.38. The summed E-state index contributed by atoms with van der Waals surface area (Å²) >= 11 is 3.11. The molecule has 1 fully saturated rings. The van der Waals surface area contributed by atoms with Gasteiger partial charge in [0, 0.05) is 24.7 Å². The molecular weight excluding hydrogens is 304 g/mol. The first-order valence-electron chi connectivity index (χ1n) is 6.60. The fourth-order valence-corrected chi connectivity index (χ4v) is 3.80. The largest absolute Gasteiger partial charge is 0.346 e. The van der Waals surface area contributed by atoms with Gasteiger partial charge in [0.25, 0.3) is 0 Å². The third-order valence-electron chi connectivity index (χ3n) is 3.47. The first-order valence-corrected chi connectivity index (χ1v) is 8.30. The van der Waals surface area contributed by atoms with Crippen LogP contribution in [0.3, 0.4) is 0 Å². The number of rotatable bonds is 3. The molecule has 1 aliphatic rings. The van der Waals surface area contributed by atoms with Gasteiger partial charge < -0.3 is 10.2 Å². The monoisotopic (exact) mass is 316 g/mol. The van der Waals surface area contributed by atoms with Gasteiger partial charge in [-0.15, -0.1) is 11.3 Å². The number of thiazole rings is 2. The summed E-state index contributed by atoms with van der Waals surface area (Å²) < 4.78 is 1.18. The summed E-state index contributed by atoms with van der Waals surface area (Å²) in [5, 5.41) is 6.36. The van der Waals surface area contributed by atoms with Crippen LogP contribution < -0.4 is 10.2 Å². The van der Waals surface area contributed by atoms with Crippen molar-refractivity contribution >= 4 is 49.1 Å². The molecule has 0 atom stereocenters. The molecule has 1 saturated heterocycles. The van der Waals surface area contributed by atoms with E-state index in [-0.39, 0.29) is 11.8 Å². The highest BCUT2D eigenvalue weighted by molar-refractivity contribution is 7.22. The zero-order valence-electron chi connectivity index (χ0n) is 11.0. The van der Waals surface area contributed by atoms with E-state index in [0.717, 1.165) is 23.7 Å². The van der Waals surface area contributed by atoms with Crippen LogP contribution in [0.4, 0.5) is 10.3 Å². The van der Waals surface area contributed by atoms with E-state index in [9.17, 15) is 4.79 Å². The van der Waals surface area contributed by atoms with Gasteiger partial charge >= 0.3 is 0 Å². The SMILES string of the molecule is O=C(Nc1nccs1)C1CN(c2nc3ccccc3s2)C1. The summed E-state index contributed by atoms with van der Waals surface area (Å²) in [5.74, 6) is 0.0585. The Balaban J connectivity index is 1.41. The number of benzene rings is 1. The quantitative estimate of drug-likeness (QED) is 0.807. The number of para-hydroxylation sites is 1. The molecule has 3 aromatic rings.